The number of amides is 1. The molecule has 5 heteroatoms. The summed E-state index contributed by atoms with van der Waals surface area (Å²) in [5, 5.41) is 7.83. The molecule has 0 atom stereocenters. The molecule has 0 aliphatic carbocycles. The van der Waals surface area contributed by atoms with E-state index in [2.05, 4.69) is 10.4 Å². The Morgan fingerprint density at radius 3 is 2.39 bits per heavy atom. The molecule has 1 N–H and O–H groups in total. The Kier molecular flexibility index (Phi) is 4.44. The van der Waals surface area contributed by atoms with Gasteiger partial charge in [0.1, 0.15) is 0 Å². The van der Waals surface area contributed by atoms with E-state index in [1.54, 1.807) is 18.3 Å². The van der Waals surface area contributed by atoms with Crippen LogP contribution in [0.15, 0.2) is 60.8 Å². The van der Waals surface area contributed by atoms with Crippen LogP contribution < -0.4 is 5.32 Å². The van der Waals surface area contributed by atoms with Gasteiger partial charge < -0.3 is 5.32 Å². The third kappa shape index (κ3) is 3.60. The topological polar surface area (TPSA) is 46.9 Å². The highest BCUT2D eigenvalue weighted by Gasteiger charge is 2.07. The fraction of sp³-hybridized carbons (Fsp3) is 0.111. The first-order chi connectivity index (χ1) is 11.1. The Morgan fingerprint density at radius 1 is 1.09 bits per heavy atom. The lowest BCUT2D eigenvalue weighted by atomic mass is 10.1. The first-order valence-corrected chi connectivity index (χ1v) is 7.65. The monoisotopic (exact) mass is 325 g/mol. The molecule has 1 aromatic heterocycles. The van der Waals surface area contributed by atoms with Crippen molar-refractivity contribution in [2.24, 2.45) is 0 Å². The Bertz CT molecular complexity index is 807. The van der Waals surface area contributed by atoms with Crippen molar-refractivity contribution in [1.82, 2.24) is 15.1 Å². The summed E-state index contributed by atoms with van der Waals surface area (Å²) < 4.78 is 1.83. The van der Waals surface area contributed by atoms with Crippen molar-refractivity contribution in [3.05, 3.63) is 82.6 Å². The van der Waals surface area contributed by atoms with E-state index >= 15 is 0 Å². The van der Waals surface area contributed by atoms with Crippen molar-refractivity contribution in [3.63, 3.8) is 0 Å². The number of halogens is 1. The zero-order valence-corrected chi connectivity index (χ0v) is 13.4. The minimum absolute atomic E-state index is 0.108. The number of aromatic nitrogens is 2. The van der Waals surface area contributed by atoms with Gasteiger partial charge in [-0.2, -0.15) is 5.10 Å². The Labute approximate surface area is 139 Å². The van der Waals surface area contributed by atoms with Crippen LogP contribution in [0.3, 0.4) is 0 Å². The molecule has 0 fully saturated rings. The van der Waals surface area contributed by atoms with Gasteiger partial charge in [-0.25, -0.2) is 4.68 Å². The molecule has 1 heterocycles. The van der Waals surface area contributed by atoms with Gasteiger partial charge in [0, 0.05) is 29.0 Å². The van der Waals surface area contributed by atoms with E-state index in [-0.39, 0.29) is 5.91 Å². The van der Waals surface area contributed by atoms with Crippen molar-refractivity contribution < 1.29 is 4.79 Å². The van der Waals surface area contributed by atoms with E-state index in [0.717, 1.165) is 16.9 Å². The third-order valence-electron chi connectivity index (χ3n) is 3.57. The smallest absolute Gasteiger partial charge is 0.251 e. The first-order valence-electron chi connectivity index (χ1n) is 7.27. The van der Waals surface area contributed by atoms with Gasteiger partial charge in [0.05, 0.1) is 5.69 Å². The lowest BCUT2D eigenvalue weighted by Crippen LogP contribution is -2.22. The normalized spacial score (nSPS) is 10.5. The summed E-state index contributed by atoms with van der Waals surface area (Å²) in [6.45, 7) is 2.45. The van der Waals surface area contributed by atoms with Crippen LogP contribution in [0.5, 0.6) is 0 Å². The molecular formula is C18H16ClN3O. The fourth-order valence-electron chi connectivity index (χ4n) is 2.28. The molecule has 0 aliphatic rings. The maximum atomic E-state index is 12.2. The molecule has 0 aliphatic heterocycles. The number of hydrogen-bond donors (Lipinski definition) is 1. The molecule has 1 amide bonds. The third-order valence-corrected chi connectivity index (χ3v) is 3.82. The summed E-state index contributed by atoms with van der Waals surface area (Å²) >= 11 is 5.84. The van der Waals surface area contributed by atoms with Crippen LogP contribution in [0.2, 0.25) is 5.02 Å². The van der Waals surface area contributed by atoms with Crippen molar-refractivity contribution in [2.45, 2.75) is 13.5 Å². The molecule has 0 bridgehead atoms. The molecule has 2 aromatic carbocycles. The molecule has 3 rings (SSSR count). The molecule has 0 saturated heterocycles. The average Bonchev–Trinajstić information content (AvgIpc) is 3.00. The van der Waals surface area contributed by atoms with Crippen molar-refractivity contribution in [3.8, 4) is 5.69 Å². The zero-order valence-electron chi connectivity index (χ0n) is 12.7. The summed E-state index contributed by atoms with van der Waals surface area (Å²) in [7, 11) is 0. The van der Waals surface area contributed by atoms with Gasteiger partial charge in [-0.05, 0) is 55.0 Å². The van der Waals surface area contributed by atoms with Crippen molar-refractivity contribution in [1.29, 1.82) is 0 Å². The van der Waals surface area contributed by atoms with Crippen molar-refractivity contribution in [2.75, 3.05) is 0 Å². The van der Waals surface area contributed by atoms with Crippen LogP contribution in [0.25, 0.3) is 5.69 Å². The maximum absolute atomic E-state index is 12.2. The van der Waals surface area contributed by atoms with Gasteiger partial charge in [0.2, 0.25) is 0 Å². The molecule has 4 nitrogen and oxygen atoms in total. The molecule has 0 radical (unpaired) electrons. The van der Waals surface area contributed by atoms with Crippen molar-refractivity contribution >= 4 is 17.5 Å². The SMILES string of the molecule is Cc1ccnn1-c1ccc(C(=O)NCc2ccc(Cl)cc2)cc1. The second-order valence-electron chi connectivity index (χ2n) is 5.24. The quantitative estimate of drug-likeness (QED) is 0.793. The van der Waals surface area contributed by atoms with Crippen LogP contribution >= 0.6 is 11.6 Å². The van der Waals surface area contributed by atoms with Crippen LogP contribution in [0, 0.1) is 6.92 Å². The van der Waals surface area contributed by atoms with Gasteiger partial charge >= 0.3 is 0 Å². The molecule has 0 spiro atoms. The Morgan fingerprint density at radius 2 is 1.78 bits per heavy atom. The molecule has 3 aromatic rings. The summed E-state index contributed by atoms with van der Waals surface area (Å²) in [6.07, 6.45) is 1.75. The van der Waals surface area contributed by atoms with Crippen LogP contribution in [0.1, 0.15) is 21.6 Å². The van der Waals surface area contributed by atoms with E-state index in [0.29, 0.717) is 17.1 Å². The lowest BCUT2D eigenvalue weighted by molar-refractivity contribution is 0.0951. The largest absolute Gasteiger partial charge is 0.348 e. The highest BCUT2D eigenvalue weighted by atomic mass is 35.5. The Hall–Kier alpha value is -2.59. The number of rotatable bonds is 4. The fourth-order valence-corrected chi connectivity index (χ4v) is 2.41. The highest BCUT2D eigenvalue weighted by molar-refractivity contribution is 6.30. The van der Waals surface area contributed by atoms with E-state index in [9.17, 15) is 4.79 Å². The molecule has 0 unspecified atom stereocenters. The second kappa shape index (κ2) is 6.67. The number of carbonyl (C=O) groups excluding carboxylic acids is 1. The molecule has 0 saturated carbocycles. The zero-order chi connectivity index (χ0) is 16.2. The molecule has 23 heavy (non-hydrogen) atoms. The lowest BCUT2D eigenvalue weighted by Gasteiger charge is -2.08. The van der Waals surface area contributed by atoms with Gasteiger partial charge in [-0.15, -0.1) is 0 Å². The van der Waals surface area contributed by atoms with Crippen LogP contribution in [-0.2, 0) is 6.54 Å². The van der Waals surface area contributed by atoms with Gasteiger partial charge in [0.25, 0.3) is 5.91 Å². The predicted octanol–water partition coefficient (Wildman–Crippen LogP) is 3.76. The Balaban J connectivity index is 1.66. The number of benzene rings is 2. The number of aryl methyl sites for hydroxylation is 1. The summed E-state index contributed by atoms with van der Waals surface area (Å²) in [6, 6.07) is 16.7. The molecular weight excluding hydrogens is 310 g/mol. The summed E-state index contributed by atoms with van der Waals surface area (Å²) in [4.78, 5) is 12.2. The predicted molar refractivity (Wildman–Crippen MR) is 90.9 cm³/mol. The van der Waals surface area contributed by atoms with Gasteiger partial charge in [-0.1, -0.05) is 23.7 Å². The van der Waals surface area contributed by atoms with E-state index in [1.165, 1.54) is 0 Å². The average molecular weight is 326 g/mol. The van der Waals surface area contributed by atoms with Gasteiger partial charge in [0.15, 0.2) is 0 Å². The van der Waals surface area contributed by atoms with Crippen LogP contribution in [0.4, 0.5) is 0 Å². The standard InChI is InChI=1S/C18H16ClN3O/c1-13-10-11-21-22(13)17-8-4-15(5-9-17)18(23)20-12-14-2-6-16(19)7-3-14/h2-11H,12H2,1H3,(H,20,23). The number of nitrogens with zero attached hydrogens (tertiary/aromatic N) is 2. The summed E-state index contributed by atoms with van der Waals surface area (Å²) in [5.74, 6) is -0.108. The van der Waals surface area contributed by atoms with Gasteiger partial charge in [-0.3, -0.25) is 4.79 Å². The second-order valence-corrected chi connectivity index (χ2v) is 5.68. The number of nitrogens with one attached hydrogen (secondary N) is 1. The number of carbonyl (C=O) groups is 1. The first kappa shape index (κ1) is 15.3. The maximum Gasteiger partial charge on any atom is 0.251 e. The van der Waals surface area contributed by atoms with E-state index < -0.39 is 0 Å². The minimum Gasteiger partial charge on any atom is -0.348 e. The molecule has 116 valence electrons. The minimum atomic E-state index is -0.108. The van der Waals surface area contributed by atoms with E-state index in [4.69, 9.17) is 11.6 Å². The van der Waals surface area contributed by atoms with Crippen LogP contribution in [-0.4, -0.2) is 15.7 Å². The van der Waals surface area contributed by atoms with E-state index in [1.807, 2.05) is 54.1 Å². The highest BCUT2D eigenvalue weighted by Crippen LogP contribution is 2.12. The summed E-state index contributed by atoms with van der Waals surface area (Å²) in [5.41, 5.74) is 3.60. The number of hydrogen-bond acceptors (Lipinski definition) is 2.